The first-order chi connectivity index (χ1) is 9.32. The van der Waals surface area contributed by atoms with Gasteiger partial charge in [0.05, 0.1) is 5.41 Å². The lowest BCUT2D eigenvalue weighted by atomic mass is 9.48. The van der Waals surface area contributed by atoms with Gasteiger partial charge in [0.15, 0.2) is 0 Å². The summed E-state index contributed by atoms with van der Waals surface area (Å²) in [7, 11) is 0. The lowest BCUT2D eigenvalue weighted by Gasteiger charge is -2.52. The summed E-state index contributed by atoms with van der Waals surface area (Å²) in [5, 5.41) is 0. The molecular weight excluding hydrogens is 248 g/mol. The van der Waals surface area contributed by atoms with Crippen LogP contribution in [0.4, 0.5) is 0 Å². The molecule has 0 amide bonds. The molecule has 5 rings (SSSR count). The second-order valence-corrected chi connectivity index (χ2v) is 8.86. The molecule has 5 aliphatic rings. The summed E-state index contributed by atoms with van der Waals surface area (Å²) in [6.07, 6.45) is 7.52. The Labute approximate surface area is 120 Å². The molecule has 3 saturated carbocycles. The van der Waals surface area contributed by atoms with Crippen LogP contribution in [-0.4, -0.2) is 11.6 Å². The number of hydrogen-bond acceptors (Lipinski definition) is 2. The highest BCUT2D eigenvalue weighted by atomic mass is 16.6. The number of carbonyl (C=O) groups excluding carboxylic acids is 1. The Morgan fingerprint density at radius 2 is 1.60 bits per heavy atom. The van der Waals surface area contributed by atoms with Crippen molar-refractivity contribution in [2.45, 2.75) is 46.1 Å². The number of ether oxygens (including phenoxy) is 1. The predicted octanol–water partition coefficient (Wildman–Crippen LogP) is 3.42. The van der Waals surface area contributed by atoms with Gasteiger partial charge in [0.25, 0.3) is 0 Å². The zero-order valence-electron chi connectivity index (χ0n) is 12.8. The van der Waals surface area contributed by atoms with Crippen molar-refractivity contribution in [1.82, 2.24) is 0 Å². The molecule has 8 atom stereocenters. The van der Waals surface area contributed by atoms with Gasteiger partial charge in [-0.1, -0.05) is 19.1 Å². The Morgan fingerprint density at radius 1 is 1.00 bits per heavy atom. The summed E-state index contributed by atoms with van der Waals surface area (Å²) in [5.41, 5.74) is -0.545. The van der Waals surface area contributed by atoms with E-state index < -0.39 is 0 Å². The highest BCUT2D eigenvalue weighted by molar-refractivity contribution is 5.83. The summed E-state index contributed by atoms with van der Waals surface area (Å²) in [5.74, 6) is 4.42. The first kappa shape index (κ1) is 11.8. The summed E-state index contributed by atoms with van der Waals surface area (Å²) >= 11 is 0. The lowest BCUT2D eigenvalue weighted by Crippen LogP contribution is -2.55. The van der Waals surface area contributed by atoms with Crippen LogP contribution in [0.2, 0.25) is 0 Å². The number of cyclic esters (lactones) is 1. The molecule has 0 N–H and O–H groups in total. The number of hydrogen-bond donors (Lipinski definition) is 0. The molecule has 0 aromatic rings. The Bertz CT molecular complexity index is 562. The fourth-order valence-electron chi connectivity index (χ4n) is 7.51. The van der Waals surface area contributed by atoms with Crippen molar-refractivity contribution in [3.8, 4) is 0 Å². The van der Waals surface area contributed by atoms with Gasteiger partial charge in [-0.3, -0.25) is 4.79 Å². The zero-order chi connectivity index (χ0) is 14.1. The maximum Gasteiger partial charge on any atom is 0.313 e. The Balaban J connectivity index is 1.73. The highest BCUT2D eigenvalue weighted by Gasteiger charge is 2.82. The van der Waals surface area contributed by atoms with E-state index in [4.69, 9.17) is 4.74 Å². The Morgan fingerprint density at radius 3 is 2.25 bits per heavy atom. The van der Waals surface area contributed by atoms with Gasteiger partial charge in [-0.25, -0.2) is 0 Å². The van der Waals surface area contributed by atoms with Crippen molar-refractivity contribution in [2.75, 3.05) is 0 Å². The van der Waals surface area contributed by atoms with Crippen LogP contribution in [-0.2, 0) is 9.53 Å². The van der Waals surface area contributed by atoms with Gasteiger partial charge in [-0.15, -0.1) is 0 Å². The molecule has 4 aliphatic carbocycles. The molecule has 20 heavy (non-hydrogen) atoms. The van der Waals surface area contributed by atoms with E-state index in [1.165, 1.54) is 12.8 Å². The number of fused-ring (bicyclic) bond motifs is 12. The molecule has 2 nitrogen and oxygen atoms in total. The van der Waals surface area contributed by atoms with Gasteiger partial charge in [-0.05, 0) is 69.1 Å². The van der Waals surface area contributed by atoms with Gasteiger partial charge in [0.1, 0.15) is 5.60 Å². The molecule has 2 heteroatoms. The number of rotatable bonds is 0. The van der Waals surface area contributed by atoms with E-state index in [0.717, 1.165) is 23.7 Å². The van der Waals surface area contributed by atoms with Gasteiger partial charge in [0.2, 0.25) is 0 Å². The fraction of sp³-hybridized carbons (Fsp3) is 0.833. The van der Waals surface area contributed by atoms with E-state index in [1.807, 2.05) is 0 Å². The Hall–Kier alpha value is -0.790. The maximum atomic E-state index is 12.7. The number of allylic oxidation sites excluding steroid dienone is 2. The van der Waals surface area contributed by atoms with E-state index in [9.17, 15) is 4.79 Å². The monoisotopic (exact) mass is 272 g/mol. The quantitative estimate of drug-likeness (QED) is 0.384. The van der Waals surface area contributed by atoms with Gasteiger partial charge in [-0.2, -0.15) is 0 Å². The van der Waals surface area contributed by atoms with Crippen molar-refractivity contribution in [3.63, 3.8) is 0 Å². The van der Waals surface area contributed by atoms with Crippen LogP contribution in [0.15, 0.2) is 12.2 Å². The third-order valence-corrected chi connectivity index (χ3v) is 8.60. The average Bonchev–Trinajstić information content (AvgIpc) is 3.09. The molecule has 1 saturated heterocycles. The molecule has 0 spiro atoms. The van der Waals surface area contributed by atoms with Crippen molar-refractivity contribution >= 4 is 5.97 Å². The molecule has 0 radical (unpaired) electrons. The molecular formula is C18H24O2. The molecule has 0 aromatic heterocycles. The van der Waals surface area contributed by atoms with Crippen LogP contribution in [0.3, 0.4) is 0 Å². The smallest absolute Gasteiger partial charge is 0.313 e. The normalized spacial score (nSPS) is 63.7. The largest absolute Gasteiger partial charge is 0.459 e. The van der Waals surface area contributed by atoms with Crippen LogP contribution >= 0.6 is 0 Å². The molecule has 4 fully saturated rings. The van der Waals surface area contributed by atoms with Crippen molar-refractivity contribution < 1.29 is 9.53 Å². The lowest BCUT2D eigenvalue weighted by molar-refractivity contribution is -0.154. The SMILES string of the molecule is CC1(C)OC(=O)C2(C)C3CC(C4C5C=CC(C5)C43)C12C. The van der Waals surface area contributed by atoms with E-state index in [1.54, 1.807) is 0 Å². The van der Waals surface area contributed by atoms with Gasteiger partial charge in [0, 0.05) is 5.41 Å². The number of esters is 1. The third kappa shape index (κ3) is 0.844. The van der Waals surface area contributed by atoms with E-state index in [-0.39, 0.29) is 22.4 Å². The predicted molar refractivity (Wildman–Crippen MR) is 75.7 cm³/mol. The fourth-order valence-corrected chi connectivity index (χ4v) is 7.51. The Kier molecular flexibility index (Phi) is 1.71. The minimum absolute atomic E-state index is 0.0151. The van der Waals surface area contributed by atoms with Gasteiger partial charge >= 0.3 is 5.97 Å². The minimum atomic E-state index is -0.311. The molecule has 4 bridgehead atoms. The average molecular weight is 272 g/mol. The second kappa shape index (κ2) is 2.89. The molecule has 1 heterocycles. The van der Waals surface area contributed by atoms with Crippen LogP contribution < -0.4 is 0 Å². The zero-order valence-corrected chi connectivity index (χ0v) is 12.8. The minimum Gasteiger partial charge on any atom is -0.459 e. The summed E-state index contributed by atoms with van der Waals surface area (Å²) in [6, 6.07) is 0. The molecule has 108 valence electrons. The second-order valence-electron chi connectivity index (χ2n) is 8.86. The summed E-state index contributed by atoms with van der Waals surface area (Å²) in [4.78, 5) is 12.7. The number of carbonyl (C=O) groups is 1. The topological polar surface area (TPSA) is 26.3 Å². The molecule has 8 unspecified atom stereocenters. The van der Waals surface area contributed by atoms with E-state index in [2.05, 4.69) is 39.8 Å². The molecule has 1 aliphatic heterocycles. The van der Waals surface area contributed by atoms with Crippen LogP contribution in [0, 0.1) is 46.3 Å². The van der Waals surface area contributed by atoms with E-state index in [0.29, 0.717) is 11.8 Å². The first-order valence-electron chi connectivity index (χ1n) is 8.24. The van der Waals surface area contributed by atoms with Crippen molar-refractivity contribution in [1.29, 1.82) is 0 Å². The first-order valence-corrected chi connectivity index (χ1v) is 8.24. The third-order valence-electron chi connectivity index (χ3n) is 8.60. The van der Waals surface area contributed by atoms with Crippen LogP contribution in [0.25, 0.3) is 0 Å². The van der Waals surface area contributed by atoms with Crippen molar-refractivity contribution in [2.24, 2.45) is 46.3 Å². The summed E-state index contributed by atoms with van der Waals surface area (Å²) < 4.78 is 5.90. The highest BCUT2D eigenvalue weighted by Crippen LogP contribution is 2.80. The summed E-state index contributed by atoms with van der Waals surface area (Å²) in [6.45, 7) is 8.87. The van der Waals surface area contributed by atoms with E-state index >= 15 is 0 Å². The molecule has 0 aromatic carbocycles. The van der Waals surface area contributed by atoms with Crippen LogP contribution in [0.5, 0.6) is 0 Å². The van der Waals surface area contributed by atoms with Crippen molar-refractivity contribution in [3.05, 3.63) is 12.2 Å². The van der Waals surface area contributed by atoms with Gasteiger partial charge < -0.3 is 4.74 Å². The maximum absolute atomic E-state index is 12.7. The van der Waals surface area contributed by atoms with Crippen LogP contribution in [0.1, 0.15) is 40.5 Å². The standard InChI is InChI=1S/C18H24O2/c1-16(2)18(4)12-8-11(17(18,3)15(19)20-16)13-9-5-6-10(7-9)14(12)13/h5-6,9-14H,7-8H2,1-4H3.